The number of hydrogen-bond donors (Lipinski definition) is 0. The first-order chi connectivity index (χ1) is 10.3. The van der Waals surface area contributed by atoms with Gasteiger partial charge in [0, 0.05) is 13.0 Å². The van der Waals surface area contributed by atoms with Crippen LogP contribution >= 0.6 is 10.5 Å². The van der Waals surface area contributed by atoms with Gasteiger partial charge in [-0.2, -0.15) is 0 Å². The first-order valence-corrected chi connectivity index (χ1v) is 8.67. The highest BCUT2D eigenvalue weighted by atomic mass is 32.5. The molecule has 0 radical (unpaired) electrons. The Bertz CT molecular complexity index is 589. The molecule has 0 aromatic heterocycles. The molecule has 1 atom stereocenters. The number of benzene rings is 1. The third-order valence-corrected chi connectivity index (χ3v) is 4.02. The van der Waals surface area contributed by atoms with Gasteiger partial charge in [0.05, 0.1) is 12.6 Å². The van der Waals surface area contributed by atoms with Crippen molar-refractivity contribution in [2.45, 2.75) is 25.3 Å². The van der Waals surface area contributed by atoms with E-state index in [1.54, 1.807) is 0 Å². The number of halogens is 6. The second-order valence-corrected chi connectivity index (χ2v) is 7.33. The molecule has 0 aliphatic carbocycles. The zero-order valence-corrected chi connectivity index (χ0v) is 12.7. The Labute approximate surface area is 129 Å². The average Bonchev–Trinajstić information content (AvgIpc) is 2.40. The number of carbonyl (C=O) groups excluding carboxylic acids is 1. The summed E-state index contributed by atoms with van der Waals surface area (Å²) in [6, 6.07) is 2.91. The van der Waals surface area contributed by atoms with Crippen LogP contribution in [0.5, 0.6) is 0 Å². The van der Waals surface area contributed by atoms with Crippen molar-refractivity contribution < 1.29 is 32.8 Å². The summed E-state index contributed by atoms with van der Waals surface area (Å²) in [4.78, 5) is 13.0. The summed E-state index contributed by atoms with van der Waals surface area (Å²) in [6.07, 6.45) is 1.24. The summed E-state index contributed by atoms with van der Waals surface area (Å²) in [5.74, 6) is -1.08. The molecule has 1 heterocycles. The molecule has 0 N–H and O–H groups in total. The van der Waals surface area contributed by atoms with Gasteiger partial charge in [0.1, 0.15) is 5.82 Å². The van der Waals surface area contributed by atoms with Crippen LogP contribution in [0.4, 0.5) is 23.8 Å². The summed E-state index contributed by atoms with van der Waals surface area (Å²) in [5, 5.41) is 0. The molecule has 1 aromatic carbocycles. The molecule has 1 unspecified atom stereocenters. The fourth-order valence-corrected chi connectivity index (χ4v) is 2.79. The number of carbonyl (C=O) groups is 1. The van der Waals surface area contributed by atoms with Crippen molar-refractivity contribution in [1.29, 1.82) is 0 Å². The minimum atomic E-state index is -10.1. The van der Waals surface area contributed by atoms with E-state index >= 15 is 0 Å². The molecule has 10 heteroatoms. The fourth-order valence-electron chi connectivity index (χ4n) is 2.40. The van der Waals surface area contributed by atoms with Gasteiger partial charge in [-0.1, -0.05) is 31.6 Å². The third-order valence-electron chi connectivity index (χ3n) is 3.44. The van der Waals surface area contributed by atoms with E-state index in [9.17, 15) is 28.6 Å². The van der Waals surface area contributed by atoms with Crippen LogP contribution in [-0.2, 0) is 8.98 Å². The Morgan fingerprint density at radius 2 is 1.70 bits per heavy atom. The number of amides is 1. The number of nitrogens with zero attached hydrogens (tertiary/aromatic N) is 1. The van der Waals surface area contributed by atoms with Gasteiger partial charge in [0.25, 0.3) is 0 Å². The lowest BCUT2D eigenvalue weighted by Gasteiger charge is -2.42. The molecule has 1 saturated heterocycles. The molecule has 1 aliphatic heterocycles. The van der Waals surface area contributed by atoms with Crippen LogP contribution in [0.25, 0.3) is 0 Å². The van der Waals surface area contributed by atoms with Crippen LogP contribution in [0.3, 0.4) is 0 Å². The minimum Gasteiger partial charge on any atom is -0.333 e. The molecule has 0 bridgehead atoms. The number of likely N-dealkylation sites (tertiary alicyclic amines) is 1. The number of rotatable bonds is 5. The zero-order valence-electron chi connectivity index (χ0n) is 11.9. The second kappa shape index (κ2) is 5.30. The first kappa shape index (κ1) is 17.9. The van der Waals surface area contributed by atoms with E-state index in [0.717, 1.165) is 29.2 Å². The maximum absolute atomic E-state index is 13.0. The fraction of sp³-hybridized carbons (Fsp3) is 0.462. The normalized spacial score (nSPS) is 20.8. The highest BCUT2D eigenvalue weighted by molar-refractivity contribution is 8.42. The van der Waals surface area contributed by atoms with Gasteiger partial charge in [-0.15, -0.1) is 0 Å². The van der Waals surface area contributed by atoms with Gasteiger partial charge in [0.2, 0.25) is 5.91 Å². The summed E-state index contributed by atoms with van der Waals surface area (Å²) in [5.41, 5.74) is 0.100. The van der Waals surface area contributed by atoms with Crippen molar-refractivity contribution in [1.82, 2.24) is 4.90 Å². The van der Waals surface area contributed by atoms with Crippen molar-refractivity contribution in [3.8, 4) is 0 Å². The first-order valence-electron chi connectivity index (χ1n) is 6.79. The van der Waals surface area contributed by atoms with E-state index in [-0.39, 0.29) is 18.5 Å². The maximum atomic E-state index is 13.0. The predicted octanol–water partition coefficient (Wildman–Crippen LogP) is 5.11. The van der Waals surface area contributed by atoms with Crippen LogP contribution in [0.1, 0.15) is 30.9 Å². The minimum absolute atomic E-state index is 0.100. The molecule has 1 fully saturated rings. The molecule has 3 nitrogen and oxygen atoms in total. The Kier molecular flexibility index (Phi) is 4.13. The number of piperidine rings is 1. The average molecular weight is 363 g/mol. The monoisotopic (exact) mass is 363 g/mol. The smallest absolute Gasteiger partial charge is 0.333 e. The molecule has 0 saturated carbocycles. The van der Waals surface area contributed by atoms with Crippen molar-refractivity contribution in [2.24, 2.45) is 0 Å². The summed E-state index contributed by atoms with van der Waals surface area (Å²) >= 11 is 0. The van der Waals surface area contributed by atoms with Crippen LogP contribution in [-0.4, -0.2) is 24.0 Å². The van der Waals surface area contributed by atoms with Crippen LogP contribution < -0.4 is 0 Å². The van der Waals surface area contributed by atoms with Gasteiger partial charge in [0.15, 0.2) is 0 Å². The van der Waals surface area contributed by atoms with Crippen molar-refractivity contribution in [3.63, 3.8) is 0 Å². The van der Waals surface area contributed by atoms with Gasteiger partial charge < -0.3 is 4.90 Å². The van der Waals surface area contributed by atoms with E-state index in [2.05, 4.69) is 4.18 Å². The van der Waals surface area contributed by atoms with Gasteiger partial charge in [-0.3, -0.25) is 4.79 Å². The van der Waals surface area contributed by atoms with Gasteiger partial charge in [-0.05, 0) is 30.5 Å². The lowest BCUT2D eigenvalue weighted by atomic mass is 10.0. The Balaban J connectivity index is 2.28. The Morgan fingerprint density at radius 3 is 2.22 bits per heavy atom. The molecular formula is C13H15F6NO2S. The lowest BCUT2D eigenvalue weighted by Crippen LogP contribution is -2.40. The Hall–Kier alpha value is -1.42. The van der Waals surface area contributed by atoms with E-state index in [1.165, 1.54) is 0 Å². The summed E-state index contributed by atoms with van der Waals surface area (Å²) in [7, 11) is -10.1. The van der Waals surface area contributed by atoms with E-state index in [1.807, 2.05) is 0 Å². The second-order valence-electron chi connectivity index (χ2n) is 5.29. The molecule has 1 amide bonds. The molecule has 23 heavy (non-hydrogen) atoms. The number of hydrogen-bond acceptors (Lipinski definition) is 2. The third kappa shape index (κ3) is 5.61. The maximum Gasteiger partial charge on any atom is 0.397 e. The largest absolute Gasteiger partial charge is 0.397 e. The quantitative estimate of drug-likeness (QED) is 0.681. The van der Waals surface area contributed by atoms with E-state index in [0.29, 0.717) is 12.8 Å². The molecule has 132 valence electrons. The van der Waals surface area contributed by atoms with E-state index in [4.69, 9.17) is 0 Å². The molecule has 2 rings (SSSR count). The topological polar surface area (TPSA) is 29.5 Å². The van der Waals surface area contributed by atoms with Crippen molar-refractivity contribution in [3.05, 3.63) is 35.6 Å². The van der Waals surface area contributed by atoms with Gasteiger partial charge >= 0.3 is 10.5 Å². The van der Waals surface area contributed by atoms with Crippen LogP contribution in [0, 0.1) is 5.82 Å². The van der Waals surface area contributed by atoms with E-state index < -0.39 is 34.9 Å². The molecule has 1 aromatic rings. The summed E-state index contributed by atoms with van der Waals surface area (Å²) < 4.78 is 78.2. The van der Waals surface area contributed by atoms with Crippen LogP contribution in [0.15, 0.2) is 24.3 Å². The van der Waals surface area contributed by atoms with Crippen LogP contribution in [0.2, 0.25) is 0 Å². The Morgan fingerprint density at radius 1 is 1.09 bits per heavy atom. The standard InChI is InChI=1S/C13H15F6NO2S/c14-11-6-4-10(5-7-11)12(9-22-23(15,16,17,18)19)20-8-2-1-3-13(20)21/h4-7,12H,1-3,8-9H2. The highest BCUT2D eigenvalue weighted by Crippen LogP contribution is 2.98. The lowest BCUT2D eigenvalue weighted by molar-refractivity contribution is -0.137. The SMILES string of the molecule is O=C1CCCCN1C(COS(F)(F)(F)(F)F)c1ccc(F)cc1. The zero-order chi connectivity index (χ0) is 17.4. The molecule has 0 spiro atoms. The molecule has 1 aliphatic rings. The predicted molar refractivity (Wildman–Crippen MR) is 73.8 cm³/mol. The van der Waals surface area contributed by atoms with Crippen molar-refractivity contribution in [2.75, 3.05) is 13.2 Å². The van der Waals surface area contributed by atoms with Crippen molar-refractivity contribution >= 4 is 16.4 Å². The summed E-state index contributed by atoms with van der Waals surface area (Å²) in [6.45, 7) is -1.31. The highest BCUT2D eigenvalue weighted by Gasteiger charge is 2.66. The van der Waals surface area contributed by atoms with Gasteiger partial charge in [-0.25, -0.2) is 8.57 Å². The molecular weight excluding hydrogens is 348 g/mol.